The van der Waals surface area contributed by atoms with Crippen LogP contribution in [-0.4, -0.2) is 49.3 Å². The van der Waals surface area contributed by atoms with E-state index in [-0.39, 0.29) is 24.2 Å². The molecule has 1 heterocycles. The molecule has 3 rings (SSSR count). The predicted molar refractivity (Wildman–Crippen MR) is 122 cm³/mol. The molecule has 1 aliphatic rings. The molecule has 0 saturated carbocycles. The van der Waals surface area contributed by atoms with E-state index < -0.39 is 0 Å². The topological polar surface area (TPSA) is 60.0 Å². The van der Waals surface area contributed by atoms with E-state index >= 15 is 0 Å². The first kappa shape index (κ1) is 23.1. The minimum absolute atomic E-state index is 0.0339. The fraction of sp³-hybridized carbons (Fsp3) is 0.480. The van der Waals surface area contributed by atoms with Gasteiger partial charge < -0.3 is 19.5 Å². The van der Waals surface area contributed by atoms with Gasteiger partial charge in [0, 0.05) is 31.7 Å². The van der Waals surface area contributed by atoms with E-state index in [4.69, 9.17) is 14.2 Å². The molecule has 2 atom stereocenters. The Balaban J connectivity index is 1.54. The highest BCUT2D eigenvalue weighted by Crippen LogP contribution is 2.29. The lowest BCUT2D eigenvalue weighted by atomic mass is 10.1. The van der Waals surface area contributed by atoms with Crippen molar-refractivity contribution >= 4 is 5.91 Å². The molecule has 6 nitrogen and oxygen atoms in total. The lowest BCUT2D eigenvalue weighted by molar-refractivity contribution is -0.0704. The summed E-state index contributed by atoms with van der Waals surface area (Å²) in [6.07, 6.45) is 0.567. The Hall–Kier alpha value is -2.57. The van der Waals surface area contributed by atoms with Gasteiger partial charge in [-0.3, -0.25) is 9.69 Å². The zero-order valence-corrected chi connectivity index (χ0v) is 19.2. The summed E-state index contributed by atoms with van der Waals surface area (Å²) >= 11 is 0. The van der Waals surface area contributed by atoms with E-state index in [0.717, 1.165) is 25.2 Å². The van der Waals surface area contributed by atoms with Gasteiger partial charge >= 0.3 is 0 Å². The largest absolute Gasteiger partial charge is 0.493 e. The van der Waals surface area contributed by atoms with Crippen LogP contribution in [0.3, 0.4) is 0 Å². The first-order valence-electron chi connectivity index (χ1n) is 10.9. The van der Waals surface area contributed by atoms with Crippen molar-refractivity contribution < 1.29 is 19.0 Å². The van der Waals surface area contributed by atoms with Gasteiger partial charge in [-0.2, -0.15) is 0 Å². The molecule has 0 radical (unpaired) electrons. The van der Waals surface area contributed by atoms with Crippen LogP contribution < -0.4 is 14.8 Å². The number of nitrogens with zero attached hydrogens (tertiary/aromatic N) is 1. The minimum Gasteiger partial charge on any atom is -0.493 e. The van der Waals surface area contributed by atoms with E-state index in [0.29, 0.717) is 23.6 Å². The number of methoxy groups -OCH3 is 1. The Morgan fingerprint density at radius 3 is 2.32 bits per heavy atom. The Labute approximate surface area is 185 Å². The van der Waals surface area contributed by atoms with Gasteiger partial charge in [0.2, 0.25) is 0 Å². The highest BCUT2D eigenvalue weighted by atomic mass is 16.5. The Kier molecular flexibility index (Phi) is 7.93. The van der Waals surface area contributed by atoms with Crippen LogP contribution in [0.1, 0.15) is 49.2 Å². The molecule has 31 heavy (non-hydrogen) atoms. The van der Waals surface area contributed by atoms with E-state index in [9.17, 15) is 4.79 Å². The Bertz CT molecular complexity index is 856. The molecular weight excluding hydrogens is 392 g/mol. The van der Waals surface area contributed by atoms with E-state index in [1.165, 1.54) is 5.56 Å². The lowest BCUT2D eigenvalue weighted by Crippen LogP contribution is -2.44. The summed E-state index contributed by atoms with van der Waals surface area (Å²) < 4.78 is 16.9. The summed E-state index contributed by atoms with van der Waals surface area (Å²) in [5, 5.41) is 2.98. The highest BCUT2D eigenvalue weighted by Gasteiger charge is 2.22. The van der Waals surface area contributed by atoms with Crippen LogP contribution >= 0.6 is 0 Å². The second kappa shape index (κ2) is 10.6. The van der Waals surface area contributed by atoms with Crippen LogP contribution in [0.2, 0.25) is 0 Å². The molecule has 2 unspecified atom stereocenters. The quantitative estimate of drug-likeness (QED) is 0.691. The van der Waals surface area contributed by atoms with Gasteiger partial charge in [-0.1, -0.05) is 24.3 Å². The zero-order chi connectivity index (χ0) is 22.4. The average Bonchev–Trinajstić information content (AvgIpc) is 2.72. The second-order valence-electron chi connectivity index (χ2n) is 8.48. The maximum atomic E-state index is 12.6. The van der Waals surface area contributed by atoms with Crippen LogP contribution in [-0.2, 0) is 17.8 Å². The molecule has 1 N–H and O–H groups in total. The van der Waals surface area contributed by atoms with Crippen molar-refractivity contribution in [1.29, 1.82) is 0 Å². The molecule has 168 valence electrons. The number of hydrogen-bond acceptors (Lipinski definition) is 5. The van der Waals surface area contributed by atoms with Gasteiger partial charge in [0.1, 0.15) is 0 Å². The molecule has 0 spiro atoms. The SMILES string of the molecule is COc1cc(C(=O)NCc2ccc(CN3CC(C)OC(C)C3)cc2)ccc1OC(C)C. The van der Waals surface area contributed by atoms with Crippen molar-refractivity contribution in [3.05, 3.63) is 59.2 Å². The molecule has 1 saturated heterocycles. The second-order valence-corrected chi connectivity index (χ2v) is 8.48. The first-order chi connectivity index (χ1) is 14.8. The van der Waals surface area contributed by atoms with Gasteiger partial charge in [0.15, 0.2) is 11.5 Å². The number of nitrogens with one attached hydrogen (secondary N) is 1. The van der Waals surface area contributed by atoms with Crippen LogP contribution in [0.15, 0.2) is 42.5 Å². The highest BCUT2D eigenvalue weighted by molar-refractivity contribution is 5.94. The summed E-state index contributed by atoms with van der Waals surface area (Å²) in [5.74, 6) is 1.04. The van der Waals surface area contributed by atoms with Crippen molar-refractivity contribution in [3.8, 4) is 11.5 Å². The number of carbonyl (C=O) groups excluding carboxylic acids is 1. The van der Waals surface area contributed by atoms with Crippen LogP contribution in [0.25, 0.3) is 0 Å². The normalized spacial score (nSPS) is 19.3. The summed E-state index contributed by atoms with van der Waals surface area (Å²) in [6, 6.07) is 13.6. The lowest BCUT2D eigenvalue weighted by Gasteiger charge is -2.35. The molecule has 2 aromatic rings. The standard InChI is InChI=1S/C25H34N2O4/c1-17(2)30-23-11-10-22(12-24(23)29-5)25(28)26-13-20-6-8-21(9-7-20)16-27-14-18(3)31-19(4)15-27/h6-12,17-19H,13-16H2,1-5H3,(H,26,28). The Morgan fingerprint density at radius 1 is 1.06 bits per heavy atom. The number of ether oxygens (including phenoxy) is 3. The average molecular weight is 427 g/mol. The number of amides is 1. The number of carbonyl (C=O) groups is 1. The zero-order valence-electron chi connectivity index (χ0n) is 19.2. The van der Waals surface area contributed by atoms with Crippen molar-refractivity contribution in [3.63, 3.8) is 0 Å². The fourth-order valence-corrected chi connectivity index (χ4v) is 3.88. The molecule has 0 bridgehead atoms. The van der Waals surface area contributed by atoms with Gasteiger partial charge in [0.05, 0.1) is 25.4 Å². The third kappa shape index (κ3) is 6.71. The van der Waals surface area contributed by atoms with Gasteiger partial charge in [0.25, 0.3) is 5.91 Å². The Morgan fingerprint density at radius 2 is 1.71 bits per heavy atom. The smallest absolute Gasteiger partial charge is 0.251 e. The van der Waals surface area contributed by atoms with Crippen molar-refractivity contribution in [1.82, 2.24) is 10.2 Å². The summed E-state index contributed by atoms with van der Waals surface area (Å²) in [6.45, 7) is 11.4. The van der Waals surface area contributed by atoms with Crippen molar-refractivity contribution in [2.24, 2.45) is 0 Å². The van der Waals surface area contributed by atoms with Crippen LogP contribution in [0, 0.1) is 0 Å². The van der Waals surface area contributed by atoms with Crippen LogP contribution in [0.4, 0.5) is 0 Å². The number of morpholine rings is 1. The third-order valence-electron chi connectivity index (χ3n) is 5.17. The van der Waals surface area contributed by atoms with Gasteiger partial charge in [-0.15, -0.1) is 0 Å². The summed E-state index contributed by atoms with van der Waals surface area (Å²) in [5.41, 5.74) is 2.87. The van der Waals surface area contributed by atoms with Crippen LogP contribution in [0.5, 0.6) is 11.5 Å². The van der Waals surface area contributed by atoms with Gasteiger partial charge in [-0.05, 0) is 57.0 Å². The predicted octanol–water partition coefficient (Wildman–Crippen LogP) is 4.02. The third-order valence-corrected chi connectivity index (χ3v) is 5.17. The molecule has 1 aliphatic heterocycles. The molecule has 1 amide bonds. The van der Waals surface area contributed by atoms with E-state index in [1.807, 2.05) is 13.8 Å². The molecule has 6 heteroatoms. The molecular formula is C25H34N2O4. The summed E-state index contributed by atoms with van der Waals surface area (Å²) in [4.78, 5) is 15.0. The van der Waals surface area contributed by atoms with Crippen molar-refractivity contribution in [2.75, 3.05) is 20.2 Å². The first-order valence-corrected chi connectivity index (χ1v) is 10.9. The van der Waals surface area contributed by atoms with E-state index in [1.54, 1.807) is 25.3 Å². The number of benzene rings is 2. The fourth-order valence-electron chi connectivity index (χ4n) is 3.88. The molecule has 0 aromatic heterocycles. The molecule has 2 aromatic carbocycles. The van der Waals surface area contributed by atoms with Crippen molar-refractivity contribution in [2.45, 2.75) is 59.1 Å². The molecule has 1 fully saturated rings. The maximum Gasteiger partial charge on any atom is 0.251 e. The monoisotopic (exact) mass is 426 g/mol. The number of rotatable bonds is 8. The number of hydrogen-bond donors (Lipinski definition) is 1. The minimum atomic E-state index is -0.144. The van der Waals surface area contributed by atoms with E-state index in [2.05, 4.69) is 48.3 Å². The maximum absolute atomic E-state index is 12.6. The summed E-state index contributed by atoms with van der Waals surface area (Å²) in [7, 11) is 1.57. The van der Waals surface area contributed by atoms with Gasteiger partial charge in [-0.25, -0.2) is 0 Å². The molecule has 0 aliphatic carbocycles.